The van der Waals surface area contributed by atoms with Gasteiger partial charge in [0.1, 0.15) is 23.1 Å². The van der Waals surface area contributed by atoms with E-state index in [1.807, 2.05) is 44.2 Å². The molecule has 10 heteroatoms. The maximum absolute atomic E-state index is 13.6. The molecule has 0 spiro atoms. The molecular formula is C25H26ClN5O4. The van der Waals surface area contributed by atoms with E-state index >= 15 is 0 Å². The van der Waals surface area contributed by atoms with Crippen LogP contribution in [0, 0.1) is 13.8 Å². The summed E-state index contributed by atoms with van der Waals surface area (Å²) in [6.45, 7) is 5.42. The van der Waals surface area contributed by atoms with Crippen LogP contribution in [-0.4, -0.2) is 39.7 Å². The predicted octanol–water partition coefficient (Wildman–Crippen LogP) is 4.46. The fraction of sp³-hybridized carbons (Fsp3) is 0.280. The molecule has 0 saturated carbocycles. The van der Waals surface area contributed by atoms with Gasteiger partial charge in [-0.25, -0.2) is 9.36 Å². The number of ether oxygens (including phenoxy) is 2. The summed E-state index contributed by atoms with van der Waals surface area (Å²) in [6.07, 6.45) is 0.335. The number of anilines is 1. The zero-order chi connectivity index (χ0) is 25.3. The average Bonchev–Trinajstić information content (AvgIpc) is 3.21. The second kappa shape index (κ2) is 9.79. The Hall–Kier alpha value is -3.85. The molecule has 35 heavy (non-hydrogen) atoms. The molecule has 2 aromatic carbocycles. The first-order valence-corrected chi connectivity index (χ1v) is 11.4. The summed E-state index contributed by atoms with van der Waals surface area (Å²) in [7, 11) is 2.97. The smallest absolute Gasteiger partial charge is 0.278 e. The van der Waals surface area contributed by atoms with Crippen molar-refractivity contribution < 1.29 is 14.3 Å². The van der Waals surface area contributed by atoms with Crippen LogP contribution in [0.15, 0.2) is 47.3 Å². The number of aromatic nitrogens is 4. The summed E-state index contributed by atoms with van der Waals surface area (Å²) in [6, 6.07) is 11.8. The van der Waals surface area contributed by atoms with Crippen LogP contribution in [0.1, 0.15) is 30.8 Å². The highest BCUT2D eigenvalue weighted by Crippen LogP contribution is 2.36. The number of hydrogen-bond acceptors (Lipinski definition) is 6. The summed E-state index contributed by atoms with van der Waals surface area (Å²) >= 11 is 6.25. The Morgan fingerprint density at radius 1 is 1.09 bits per heavy atom. The summed E-state index contributed by atoms with van der Waals surface area (Å²) in [5, 5.41) is 12.6. The molecule has 9 nitrogen and oxygen atoms in total. The fourth-order valence-corrected chi connectivity index (χ4v) is 4.30. The maximum atomic E-state index is 13.6. The standard InChI is InChI=1S/C25H26ClN5O4/c1-6-19(24(32)27-18-12-17(26)20(34-4)13-21(18)35-5)31-25(33)22-15(3)30(16-10-8-7-9-11-16)29-23(22)14(2)28-31/h7-13,19H,6H2,1-5H3,(H,27,32). The third-order valence-corrected chi connectivity index (χ3v) is 6.15. The minimum atomic E-state index is -0.865. The summed E-state index contributed by atoms with van der Waals surface area (Å²) in [4.78, 5) is 26.9. The zero-order valence-electron chi connectivity index (χ0n) is 20.1. The zero-order valence-corrected chi connectivity index (χ0v) is 20.9. The van der Waals surface area contributed by atoms with Crippen LogP contribution in [0.25, 0.3) is 16.6 Å². The lowest BCUT2D eigenvalue weighted by molar-refractivity contribution is -0.119. The number of para-hydroxylation sites is 1. The lowest BCUT2D eigenvalue weighted by Crippen LogP contribution is -2.35. The number of fused-ring (bicyclic) bond motifs is 1. The maximum Gasteiger partial charge on any atom is 0.278 e. The van der Waals surface area contributed by atoms with E-state index in [2.05, 4.69) is 15.5 Å². The first kappa shape index (κ1) is 24.3. The van der Waals surface area contributed by atoms with Gasteiger partial charge in [0.05, 0.1) is 47.4 Å². The van der Waals surface area contributed by atoms with Crippen LogP contribution in [0.4, 0.5) is 5.69 Å². The highest BCUT2D eigenvalue weighted by Gasteiger charge is 2.26. The van der Waals surface area contributed by atoms with E-state index in [-0.39, 0.29) is 5.56 Å². The lowest BCUT2D eigenvalue weighted by atomic mass is 10.1. The molecule has 4 aromatic rings. The molecule has 0 radical (unpaired) electrons. The molecule has 1 unspecified atom stereocenters. The molecule has 2 aromatic heterocycles. The van der Waals surface area contributed by atoms with Crippen molar-refractivity contribution in [3.63, 3.8) is 0 Å². The second-order valence-corrected chi connectivity index (χ2v) is 8.40. The lowest BCUT2D eigenvalue weighted by Gasteiger charge is -2.19. The number of nitrogens with one attached hydrogen (secondary N) is 1. The number of nitrogens with zero attached hydrogens (tertiary/aromatic N) is 4. The SMILES string of the molecule is CCC(C(=O)Nc1cc(Cl)c(OC)cc1OC)n1nc(C)c2nn(-c3ccccc3)c(C)c2c1=O. The quantitative estimate of drug-likeness (QED) is 0.406. The van der Waals surface area contributed by atoms with E-state index in [9.17, 15) is 9.59 Å². The Bertz CT molecular complexity index is 1460. The molecule has 1 amide bonds. The number of benzene rings is 2. The van der Waals surface area contributed by atoms with Gasteiger partial charge in [0.25, 0.3) is 5.56 Å². The van der Waals surface area contributed by atoms with Gasteiger partial charge in [-0.1, -0.05) is 36.7 Å². The Balaban J connectivity index is 1.77. The van der Waals surface area contributed by atoms with Crippen LogP contribution in [0.2, 0.25) is 5.02 Å². The molecule has 0 saturated heterocycles. The molecular weight excluding hydrogens is 470 g/mol. The number of methoxy groups -OCH3 is 2. The minimum Gasteiger partial charge on any atom is -0.495 e. The first-order valence-electron chi connectivity index (χ1n) is 11.1. The predicted molar refractivity (Wildman–Crippen MR) is 135 cm³/mol. The van der Waals surface area contributed by atoms with E-state index in [4.69, 9.17) is 21.1 Å². The summed E-state index contributed by atoms with van der Waals surface area (Å²) in [5.41, 5.74) is 2.54. The Morgan fingerprint density at radius 2 is 1.77 bits per heavy atom. The molecule has 0 fully saturated rings. The molecule has 2 heterocycles. The molecule has 182 valence electrons. The van der Waals surface area contributed by atoms with Crippen molar-refractivity contribution >= 4 is 34.1 Å². The number of halogens is 1. The number of carbonyl (C=O) groups is 1. The summed E-state index contributed by atoms with van der Waals surface area (Å²) < 4.78 is 13.5. The largest absolute Gasteiger partial charge is 0.495 e. The van der Waals surface area contributed by atoms with Crippen molar-refractivity contribution in [3.05, 3.63) is 69.2 Å². The van der Waals surface area contributed by atoms with E-state index in [1.54, 1.807) is 23.7 Å². The van der Waals surface area contributed by atoms with E-state index in [1.165, 1.54) is 18.9 Å². The highest BCUT2D eigenvalue weighted by atomic mass is 35.5. The van der Waals surface area contributed by atoms with Crippen molar-refractivity contribution in [1.82, 2.24) is 19.6 Å². The van der Waals surface area contributed by atoms with E-state index in [0.29, 0.717) is 50.9 Å². The van der Waals surface area contributed by atoms with Crippen LogP contribution < -0.4 is 20.3 Å². The van der Waals surface area contributed by atoms with Crippen LogP contribution >= 0.6 is 11.6 Å². The van der Waals surface area contributed by atoms with Crippen LogP contribution in [0.3, 0.4) is 0 Å². The molecule has 1 atom stereocenters. The number of amides is 1. The van der Waals surface area contributed by atoms with Gasteiger partial charge in [-0.2, -0.15) is 10.2 Å². The van der Waals surface area contributed by atoms with Crippen molar-refractivity contribution in [3.8, 4) is 17.2 Å². The van der Waals surface area contributed by atoms with Gasteiger partial charge in [0.15, 0.2) is 0 Å². The van der Waals surface area contributed by atoms with Gasteiger partial charge in [-0.3, -0.25) is 9.59 Å². The molecule has 0 aliphatic carbocycles. The minimum absolute atomic E-state index is 0.313. The molecule has 0 aliphatic rings. The van der Waals surface area contributed by atoms with Gasteiger partial charge < -0.3 is 14.8 Å². The first-order chi connectivity index (χ1) is 16.8. The van der Waals surface area contributed by atoms with Crippen molar-refractivity contribution in [1.29, 1.82) is 0 Å². The Kier molecular flexibility index (Phi) is 6.79. The van der Waals surface area contributed by atoms with Crippen molar-refractivity contribution in [2.24, 2.45) is 0 Å². The highest BCUT2D eigenvalue weighted by molar-refractivity contribution is 6.32. The number of rotatable bonds is 7. The van der Waals surface area contributed by atoms with E-state index < -0.39 is 11.9 Å². The number of aryl methyl sites for hydroxylation is 2. The number of carbonyl (C=O) groups excluding carboxylic acids is 1. The normalized spacial score (nSPS) is 11.9. The fourth-order valence-electron chi connectivity index (χ4n) is 4.06. The van der Waals surface area contributed by atoms with Gasteiger partial charge in [0, 0.05) is 6.07 Å². The molecule has 4 rings (SSSR count). The monoisotopic (exact) mass is 495 g/mol. The van der Waals surface area contributed by atoms with Gasteiger partial charge in [0.2, 0.25) is 5.91 Å². The van der Waals surface area contributed by atoms with Crippen molar-refractivity contribution in [2.45, 2.75) is 33.2 Å². The average molecular weight is 496 g/mol. The third-order valence-electron chi connectivity index (χ3n) is 5.86. The van der Waals surface area contributed by atoms with Gasteiger partial charge in [-0.05, 0) is 38.5 Å². The van der Waals surface area contributed by atoms with Crippen molar-refractivity contribution in [2.75, 3.05) is 19.5 Å². The second-order valence-electron chi connectivity index (χ2n) is 7.99. The molecule has 0 bridgehead atoms. The number of hydrogen-bond donors (Lipinski definition) is 1. The topological polar surface area (TPSA) is 100 Å². The Morgan fingerprint density at radius 3 is 2.40 bits per heavy atom. The molecule has 1 N–H and O–H groups in total. The van der Waals surface area contributed by atoms with Gasteiger partial charge >= 0.3 is 0 Å². The van der Waals surface area contributed by atoms with Gasteiger partial charge in [-0.15, -0.1) is 0 Å². The Labute approximate surface area is 207 Å². The molecule has 0 aliphatic heterocycles. The third kappa shape index (κ3) is 4.35. The van der Waals surface area contributed by atoms with Crippen LogP contribution in [0.5, 0.6) is 11.5 Å². The van der Waals surface area contributed by atoms with Crippen LogP contribution in [-0.2, 0) is 4.79 Å². The summed E-state index contributed by atoms with van der Waals surface area (Å²) in [5.74, 6) is 0.369. The van der Waals surface area contributed by atoms with E-state index in [0.717, 1.165) is 5.69 Å².